The molecule has 154 valence electrons. The topological polar surface area (TPSA) is 78.5 Å². The number of amides is 2. The number of anilines is 3. The second-order valence-electron chi connectivity index (χ2n) is 6.75. The van der Waals surface area contributed by atoms with Crippen molar-refractivity contribution in [2.24, 2.45) is 0 Å². The summed E-state index contributed by atoms with van der Waals surface area (Å²) in [7, 11) is -3.90. The van der Waals surface area contributed by atoms with Crippen LogP contribution in [0.15, 0.2) is 71.6 Å². The van der Waals surface area contributed by atoms with Crippen molar-refractivity contribution < 1.29 is 13.2 Å². The predicted molar refractivity (Wildman–Crippen MR) is 120 cm³/mol. The highest BCUT2D eigenvalue weighted by Gasteiger charge is 2.26. The number of carbonyl (C=O) groups is 1. The Bertz CT molecular complexity index is 1200. The zero-order chi connectivity index (χ0) is 21.3. The number of sulfonamides is 1. The molecule has 0 atom stereocenters. The van der Waals surface area contributed by atoms with E-state index in [0.717, 1.165) is 5.56 Å². The lowest BCUT2D eigenvalue weighted by molar-refractivity contribution is 0.257. The molecule has 1 heterocycles. The van der Waals surface area contributed by atoms with Crippen LogP contribution in [0.1, 0.15) is 5.56 Å². The summed E-state index contributed by atoms with van der Waals surface area (Å²) in [5.74, 6) is 0. The number of hydrogen-bond donors (Lipinski definition) is 2. The van der Waals surface area contributed by atoms with Crippen molar-refractivity contribution >= 4 is 56.3 Å². The van der Waals surface area contributed by atoms with Crippen LogP contribution >= 0.6 is 23.2 Å². The van der Waals surface area contributed by atoms with E-state index in [2.05, 4.69) is 10.0 Å². The van der Waals surface area contributed by atoms with E-state index in [0.29, 0.717) is 30.0 Å². The predicted octanol–water partition coefficient (Wildman–Crippen LogP) is 5.39. The molecule has 0 bridgehead atoms. The lowest BCUT2D eigenvalue weighted by atomic mass is 10.1. The van der Waals surface area contributed by atoms with Crippen LogP contribution in [0.3, 0.4) is 0 Å². The average Bonchev–Trinajstić information content (AvgIpc) is 3.11. The van der Waals surface area contributed by atoms with Gasteiger partial charge in [0.05, 0.1) is 16.3 Å². The van der Waals surface area contributed by atoms with Crippen molar-refractivity contribution in [1.29, 1.82) is 0 Å². The molecular weight excluding hydrogens is 445 g/mol. The molecule has 0 radical (unpaired) electrons. The van der Waals surface area contributed by atoms with E-state index < -0.39 is 10.0 Å². The number of nitrogens with zero attached hydrogens (tertiary/aromatic N) is 1. The molecule has 0 aliphatic carbocycles. The Morgan fingerprint density at radius 1 is 0.900 bits per heavy atom. The molecule has 0 unspecified atom stereocenters. The number of nitrogens with one attached hydrogen (secondary N) is 2. The Labute approximate surface area is 184 Å². The zero-order valence-corrected chi connectivity index (χ0v) is 17.9. The third kappa shape index (κ3) is 4.38. The van der Waals surface area contributed by atoms with E-state index in [1.165, 1.54) is 18.2 Å². The number of halogens is 2. The van der Waals surface area contributed by atoms with E-state index >= 15 is 0 Å². The van der Waals surface area contributed by atoms with Crippen LogP contribution in [0, 0.1) is 0 Å². The van der Waals surface area contributed by atoms with Gasteiger partial charge in [-0.1, -0.05) is 47.5 Å². The third-order valence-electron chi connectivity index (χ3n) is 4.65. The maximum Gasteiger partial charge on any atom is 0.326 e. The second kappa shape index (κ2) is 8.18. The molecule has 0 aromatic heterocycles. The van der Waals surface area contributed by atoms with Crippen LogP contribution in [-0.4, -0.2) is 21.0 Å². The molecule has 0 spiro atoms. The molecule has 2 N–H and O–H groups in total. The van der Waals surface area contributed by atoms with Crippen molar-refractivity contribution in [2.75, 3.05) is 21.5 Å². The summed E-state index contributed by atoms with van der Waals surface area (Å²) in [6.07, 6.45) is 0.689. The fourth-order valence-electron chi connectivity index (χ4n) is 3.26. The Morgan fingerprint density at radius 2 is 1.60 bits per heavy atom. The first-order valence-corrected chi connectivity index (χ1v) is 11.3. The van der Waals surface area contributed by atoms with Gasteiger partial charge in [0.1, 0.15) is 0 Å². The van der Waals surface area contributed by atoms with Crippen molar-refractivity contribution in [3.63, 3.8) is 0 Å². The minimum atomic E-state index is -3.90. The van der Waals surface area contributed by atoms with Gasteiger partial charge < -0.3 is 5.32 Å². The van der Waals surface area contributed by atoms with E-state index in [1.807, 2.05) is 24.3 Å². The number of benzene rings is 3. The molecular formula is C21H17Cl2N3O3S. The molecule has 2 amide bonds. The summed E-state index contributed by atoms with van der Waals surface area (Å²) in [5.41, 5.74) is 2.65. The van der Waals surface area contributed by atoms with Crippen LogP contribution in [0.25, 0.3) is 0 Å². The molecule has 3 aromatic rings. The first-order valence-electron chi connectivity index (χ1n) is 9.07. The van der Waals surface area contributed by atoms with Crippen molar-refractivity contribution in [1.82, 2.24) is 0 Å². The van der Waals surface area contributed by atoms with Gasteiger partial charge in [-0.25, -0.2) is 13.2 Å². The summed E-state index contributed by atoms with van der Waals surface area (Å²) >= 11 is 11.9. The molecule has 1 aliphatic rings. The smallest absolute Gasteiger partial charge is 0.308 e. The highest BCUT2D eigenvalue weighted by atomic mass is 35.5. The Hall–Kier alpha value is -2.74. The van der Waals surface area contributed by atoms with Gasteiger partial charge in [-0.3, -0.25) is 9.62 Å². The molecule has 3 aromatic carbocycles. The number of urea groups is 1. The molecule has 6 nitrogen and oxygen atoms in total. The highest BCUT2D eigenvalue weighted by Crippen LogP contribution is 2.32. The number of fused-ring (bicyclic) bond motifs is 1. The molecule has 0 fully saturated rings. The molecule has 4 rings (SSSR count). The maximum atomic E-state index is 12.7. The number of carbonyl (C=O) groups excluding carboxylic acids is 1. The Balaban J connectivity index is 1.58. The highest BCUT2D eigenvalue weighted by molar-refractivity contribution is 7.92. The molecule has 9 heteroatoms. The second-order valence-corrected chi connectivity index (χ2v) is 9.31. The lowest BCUT2D eigenvalue weighted by Gasteiger charge is -2.19. The van der Waals surface area contributed by atoms with Gasteiger partial charge in [-0.05, 0) is 54.4 Å². The Morgan fingerprint density at radius 3 is 2.30 bits per heavy atom. The molecule has 30 heavy (non-hydrogen) atoms. The van der Waals surface area contributed by atoms with Crippen molar-refractivity contribution in [3.8, 4) is 0 Å². The first-order chi connectivity index (χ1) is 14.3. The van der Waals surface area contributed by atoms with E-state index in [4.69, 9.17) is 23.2 Å². The summed E-state index contributed by atoms with van der Waals surface area (Å²) in [6.45, 7) is 0.508. The summed E-state index contributed by atoms with van der Waals surface area (Å²) in [4.78, 5) is 14.3. The minimum Gasteiger partial charge on any atom is -0.308 e. The molecule has 1 aliphatic heterocycles. The van der Waals surface area contributed by atoms with Crippen LogP contribution in [-0.2, 0) is 16.4 Å². The van der Waals surface area contributed by atoms with Crippen molar-refractivity contribution in [2.45, 2.75) is 11.3 Å². The van der Waals surface area contributed by atoms with Crippen LogP contribution < -0.4 is 14.9 Å². The maximum absolute atomic E-state index is 12.7. The first kappa shape index (κ1) is 20.5. The van der Waals surface area contributed by atoms with E-state index in [-0.39, 0.29) is 21.0 Å². The standard InChI is InChI=1S/C21H17Cl2N3O3S/c22-15-10-16(23)12-19(11-15)30(28,29)25-18-7-6-14-8-9-26(20(14)13-18)21(27)24-17-4-2-1-3-5-17/h1-7,10-13,25H,8-9H2,(H,24,27). The fraction of sp³-hybridized carbons (Fsp3) is 0.0952. The van der Waals surface area contributed by atoms with Gasteiger partial charge in [0.15, 0.2) is 0 Å². The third-order valence-corrected chi connectivity index (χ3v) is 6.45. The average molecular weight is 462 g/mol. The summed E-state index contributed by atoms with van der Waals surface area (Å²) in [6, 6.07) is 18.1. The van der Waals surface area contributed by atoms with Gasteiger partial charge in [-0.2, -0.15) is 0 Å². The normalized spacial score (nSPS) is 13.1. The Kier molecular flexibility index (Phi) is 5.60. The number of hydrogen-bond acceptors (Lipinski definition) is 3. The van der Waals surface area contributed by atoms with Crippen molar-refractivity contribution in [3.05, 3.63) is 82.3 Å². The largest absolute Gasteiger partial charge is 0.326 e. The van der Waals surface area contributed by atoms with E-state index in [1.54, 1.807) is 29.2 Å². The quantitative estimate of drug-likeness (QED) is 0.546. The summed E-state index contributed by atoms with van der Waals surface area (Å²) in [5, 5.41) is 3.30. The molecule has 0 saturated carbocycles. The van der Waals surface area contributed by atoms with E-state index in [9.17, 15) is 13.2 Å². The fourth-order valence-corrected chi connectivity index (χ4v) is 5.04. The van der Waals surface area contributed by atoms with Crippen LogP contribution in [0.5, 0.6) is 0 Å². The lowest BCUT2D eigenvalue weighted by Crippen LogP contribution is -2.33. The van der Waals surface area contributed by atoms with Gasteiger partial charge in [-0.15, -0.1) is 0 Å². The van der Waals surface area contributed by atoms with Gasteiger partial charge >= 0.3 is 6.03 Å². The van der Waals surface area contributed by atoms with Gasteiger partial charge in [0.25, 0.3) is 10.0 Å². The number of rotatable bonds is 4. The monoisotopic (exact) mass is 461 g/mol. The van der Waals surface area contributed by atoms with Gasteiger partial charge in [0, 0.05) is 22.3 Å². The van der Waals surface area contributed by atoms with Crippen LogP contribution in [0.4, 0.5) is 21.9 Å². The minimum absolute atomic E-state index is 0.0424. The summed E-state index contributed by atoms with van der Waals surface area (Å²) < 4.78 is 28.0. The molecule has 0 saturated heterocycles. The van der Waals surface area contributed by atoms with Crippen LogP contribution in [0.2, 0.25) is 10.0 Å². The number of para-hydroxylation sites is 1. The van der Waals surface area contributed by atoms with Gasteiger partial charge in [0.2, 0.25) is 0 Å². The zero-order valence-electron chi connectivity index (χ0n) is 15.6. The SMILES string of the molecule is O=C(Nc1ccccc1)N1CCc2ccc(NS(=O)(=O)c3cc(Cl)cc(Cl)c3)cc21.